The number of nitrogens with one attached hydrogen (secondary N) is 1. The summed E-state index contributed by atoms with van der Waals surface area (Å²) in [5, 5.41) is 14.7. The predicted molar refractivity (Wildman–Crippen MR) is 76.1 cm³/mol. The molecule has 0 saturated heterocycles. The number of aromatic nitrogens is 4. The highest BCUT2D eigenvalue weighted by Gasteiger charge is 2.16. The minimum absolute atomic E-state index is 0.0828. The number of carbonyl (C=O) groups is 1. The van der Waals surface area contributed by atoms with Crippen LogP contribution >= 0.6 is 0 Å². The number of allylic oxidation sites excluding steroid dienone is 1. The standard InChI is InChI=1S/C14H17N5O/c1-3-9-15-10-13(11(2)20)14-16-17-18-19(14)12-7-5-4-6-8-12/h4-8,10,15H,3,9H2,1-2H3/b13-10+. The van der Waals surface area contributed by atoms with Gasteiger partial charge in [-0.2, -0.15) is 4.68 Å². The van der Waals surface area contributed by atoms with Crippen molar-refractivity contribution in [1.82, 2.24) is 25.5 Å². The number of hydrogen-bond donors (Lipinski definition) is 1. The number of benzene rings is 1. The Labute approximate surface area is 117 Å². The van der Waals surface area contributed by atoms with Crippen molar-refractivity contribution in [2.75, 3.05) is 6.54 Å². The van der Waals surface area contributed by atoms with Gasteiger partial charge in [0.15, 0.2) is 11.6 Å². The lowest BCUT2D eigenvalue weighted by Crippen LogP contribution is -2.12. The molecule has 0 spiro atoms. The van der Waals surface area contributed by atoms with Gasteiger partial charge in [0.1, 0.15) is 0 Å². The fourth-order valence-corrected chi connectivity index (χ4v) is 1.74. The molecule has 0 fully saturated rings. The van der Waals surface area contributed by atoms with E-state index in [4.69, 9.17) is 0 Å². The van der Waals surface area contributed by atoms with Crippen molar-refractivity contribution in [3.05, 3.63) is 42.4 Å². The molecule has 0 bridgehead atoms. The van der Waals surface area contributed by atoms with E-state index in [0.717, 1.165) is 18.7 Å². The number of rotatable bonds is 6. The highest BCUT2D eigenvalue weighted by atomic mass is 16.1. The summed E-state index contributed by atoms with van der Waals surface area (Å²) in [4.78, 5) is 11.8. The molecular formula is C14H17N5O. The van der Waals surface area contributed by atoms with Crippen molar-refractivity contribution >= 4 is 11.4 Å². The second-order valence-corrected chi connectivity index (χ2v) is 4.32. The second kappa shape index (κ2) is 6.60. The van der Waals surface area contributed by atoms with E-state index in [1.54, 1.807) is 10.9 Å². The van der Waals surface area contributed by atoms with Gasteiger partial charge in [0.05, 0.1) is 11.3 Å². The molecule has 0 atom stereocenters. The van der Waals surface area contributed by atoms with Crippen LogP contribution in [0.1, 0.15) is 26.1 Å². The number of Topliss-reactive ketones (excluding diaryl/α,β-unsaturated/α-hetero) is 1. The molecule has 1 aromatic carbocycles. The zero-order valence-electron chi connectivity index (χ0n) is 11.6. The van der Waals surface area contributed by atoms with Crippen molar-refractivity contribution < 1.29 is 4.79 Å². The Morgan fingerprint density at radius 1 is 1.35 bits per heavy atom. The average molecular weight is 271 g/mol. The van der Waals surface area contributed by atoms with Crippen LogP contribution in [0.5, 0.6) is 0 Å². The van der Waals surface area contributed by atoms with Gasteiger partial charge in [-0.25, -0.2) is 0 Å². The number of nitrogens with zero attached hydrogens (tertiary/aromatic N) is 4. The molecule has 1 N–H and O–H groups in total. The van der Waals surface area contributed by atoms with Crippen LogP contribution < -0.4 is 5.32 Å². The largest absolute Gasteiger partial charge is 0.390 e. The first-order chi connectivity index (χ1) is 9.74. The van der Waals surface area contributed by atoms with Crippen LogP contribution in [0.2, 0.25) is 0 Å². The van der Waals surface area contributed by atoms with E-state index >= 15 is 0 Å². The van der Waals surface area contributed by atoms with E-state index in [9.17, 15) is 4.79 Å². The molecule has 0 radical (unpaired) electrons. The van der Waals surface area contributed by atoms with E-state index in [-0.39, 0.29) is 5.78 Å². The summed E-state index contributed by atoms with van der Waals surface area (Å²) < 4.78 is 1.56. The van der Waals surface area contributed by atoms with Crippen molar-refractivity contribution in [2.45, 2.75) is 20.3 Å². The Morgan fingerprint density at radius 3 is 2.75 bits per heavy atom. The number of carbonyl (C=O) groups excluding carboxylic acids is 1. The lowest BCUT2D eigenvalue weighted by atomic mass is 10.2. The van der Waals surface area contributed by atoms with Gasteiger partial charge in [-0.3, -0.25) is 4.79 Å². The fraction of sp³-hybridized carbons (Fsp3) is 0.286. The van der Waals surface area contributed by atoms with Crippen LogP contribution in [0.3, 0.4) is 0 Å². The molecule has 0 amide bonds. The van der Waals surface area contributed by atoms with Gasteiger partial charge < -0.3 is 5.32 Å². The first-order valence-corrected chi connectivity index (χ1v) is 6.52. The third-order valence-electron chi connectivity index (χ3n) is 2.73. The summed E-state index contributed by atoms with van der Waals surface area (Å²) in [6, 6.07) is 9.48. The molecule has 0 aliphatic rings. The van der Waals surface area contributed by atoms with E-state index in [0.29, 0.717) is 11.4 Å². The van der Waals surface area contributed by atoms with Gasteiger partial charge in [-0.15, -0.1) is 5.10 Å². The van der Waals surface area contributed by atoms with Gasteiger partial charge in [-0.1, -0.05) is 25.1 Å². The molecule has 20 heavy (non-hydrogen) atoms. The summed E-state index contributed by atoms with van der Waals surface area (Å²) in [7, 11) is 0. The molecule has 1 heterocycles. The molecule has 0 saturated carbocycles. The molecule has 0 aliphatic carbocycles. The van der Waals surface area contributed by atoms with Crippen LogP contribution in [0.4, 0.5) is 0 Å². The lowest BCUT2D eigenvalue weighted by Gasteiger charge is -2.06. The molecule has 2 aromatic rings. The third kappa shape index (κ3) is 3.09. The minimum atomic E-state index is -0.0828. The Morgan fingerprint density at radius 2 is 2.10 bits per heavy atom. The Hall–Kier alpha value is -2.50. The smallest absolute Gasteiger partial charge is 0.192 e. The van der Waals surface area contributed by atoms with Crippen molar-refractivity contribution in [1.29, 1.82) is 0 Å². The molecule has 6 heteroatoms. The average Bonchev–Trinajstić information content (AvgIpc) is 2.93. The summed E-state index contributed by atoms with van der Waals surface area (Å²) in [6.45, 7) is 4.36. The highest BCUT2D eigenvalue weighted by molar-refractivity contribution is 6.18. The summed E-state index contributed by atoms with van der Waals surface area (Å²) >= 11 is 0. The summed E-state index contributed by atoms with van der Waals surface area (Å²) in [6.07, 6.45) is 2.66. The molecule has 6 nitrogen and oxygen atoms in total. The maximum absolute atomic E-state index is 11.8. The zero-order chi connectivity index (χ0) is 14.4. The molecular weight excluding hydrogens is 254 g/mol. The number of para-hydroxylation sites is 1. The van der Waals surface area contributed by atoms with E-state index < -0.39 is 0 Å². The van der Waals surface area contributed by atoms with Crippen molar-refractivity contribution in [2.24, 2.45) is 0 Å². The van der Waals surface area contributed by atoms with Crippen LogP contribution in [-0.2, 0) is 4.79 Å². The maximum Gasteiger partial charge on any atom is 0.192 e. The van der Waals surface area contributed by atoms with Crippen LogP contribution in [0.25, 0.3) is 11.3 Å². The molecule has 2 rings (SSSR count). The van der Waals surface area contributed by atoms with Crippen molar-refractivity contribution in [3.8, 4) is 5.69 Å². The summed E-state index contributed by atoms with van der Waals surface area (Å²) in [5.41, 5.74) is 1.28. The number of ketones is 1. The van der Waals surface area contributed by atoms with Gasteiger partial charge in [0.25, 0.3) is 0 Å². The Kier molecular flexibility index (Phi) is 4.60. The third-order valence-corrected chi connectivity index (χ3v) is 2.73. The first-order valence-electron chi connectivity index (χ1n) is 6.52. The Bertz CT molecular complexity index is 603. The summed E-state index contributed by atoms with van der Waals surface area (Å²) in [5.74, 6) is 0.355. The molecule has 0 unspecified atom stereocenters. The maximum atomic E-state index is 11.8. The molecule has 104 valence electrons. The minimum Gasteiger partial charge on any atom is -0.390 e. The van der Waals surface area contributed by atoms with Gasteiger partial charge in [0.2, 0.25) is 0 Å². The second-order valence-electron chi connectivity index (χ2n) is 4.32. The SMILES string of the molecule is CCCN/C=C(\C(C)=O)c1nnnn1-c1ccccc1. The quantitative estimate of drug-likeness (QED) is 0.638. The first kappa shape index (κ1) is 13.9. The van der Waals surface area contributed by atoms with Gasteiger partial charge >= 0.3 is 0 Å². The van der Waals surface area contributed by atoms with Gasteiger partial charge in [0, 0.05) is 12.7 Å². The monoisotopic (exact) mass is 271 g/mol. The highest BCUT2D eigenvalue weighted by Crippen LogP contribution is 2.15. The lowest BCUT2D eigenvalue weighted by molar-refractivity contribution is -0.111. The molecule has 1 aromatic heterocycles. The number of hydrogen-bond acceptors (Lipinski definition) is 5. The van der Waals surface area contributed by atoms with Crippen molar-refractivity contribution in [3.63, 3.8) is 0 Å². The van der Waals surface area contributed by atoms with E-state index in [2.05, 4.69) is 27.8 Å². The van der Waals surface area contributed by atoms with Gasteiger partial charge in [-0.05, 0) is 35.9 Å². The van der Waals surface area contributed by atoms with Crippen LogP contribution in [0, 0.1) is 0 Å². The Balaban J connectivity index is 2.39. The van der Waals surface area contributed by atoms with E-state index in [1.165, 1.54) is 6.92 Å². The zero-order valence-corrected chi connectivity index (χ0v) is 11.6. The predicted octanol–water partition coefficient (Wildman–Crippen LogP) is 1.59. The normalized spacial score (nSPS) is 11.4. The fourth-order valence-electron chi connectivity index (χ4n) is 1.74. The van der Waals surface area contributed by atoms with E-state index in [1.807, 2.05) is 30.3 Å². The topological polar surface area (TPSA) is 72.7 Å². The number of tetrazole rings is 1. The van der Waals surface area contributed by atoms with Crippen LogP contribution in [-0.4, -0.2) is 32.5 Å². The molecule has 0 aliphatic heterocycles. The van der Waals surface area contributed by atoms with Crippen LogP contribution in [0.15, 0.2) is 36.5 Å².